The Morgan fingerprint density at radius 3 is 2.83 bits per heavy atom. The first-order valence-corrected chi connectivity index (χ1v) is 5.63. The minimum atomic E-state index is -2.37. The van der Waals surface area contributed by atoms with E-state index in [9.17, 15) is 14.0 Å². The quantitative estimate of drug-likeness (QED) is 0.883. The van der Waals surface area contributed by atoms with Crippen LogP contribution in [0.15, 0.2) is 18.5 Å². The monoisotopic (exact) mass is 272 g/mol. The van der Waals surface area contributed by atoms with Crippen molar-refractivity contribution in [2.24, 2.45) is 0 Å². The molecule has 1 aliphatic rings. The van der Waals surface area contributed by atoms with Crippen LogP contribution < -0.4 is 0 Å². The van der Waals surface area contributed by atoms with Crippen LogP contribution in [0, 0.1) is 0 Å². The molecule has 1 aromatic rings. The molecule has 18 heavy (non-hydrogen) atoms. The summed E-state index contributed by atoms with van der Waals surface area (Å²) in [6, 6.07) is 1.42. The zero-order valence-electron chi connectivity index (χ0n) is 9.27. The normalized spacial score (nSPS) is 23.1. The summed E-state index contributed by atoms with van der Waals surface area (Å²) in [4.78, 5) is 27.7. The van der Waals surface area contributed by atoms with Crippen molar-refractivity contribution in [1.29, 1.82) is 0 Å². The van der Waals surface area contributed by atoms with Crippen LogP contribution in [0.4, 0.5) is 4.39 Å². The molecule has 7 heteroatoms. The number of aromatic nitrogens is 1. The van der Waals surface area contributed by atoms with Crippen molar-refractivity contribution >= 4 is 23.5 Å². The third kappa shape index (κ3) is 2.15. The van der Waals surface area contributed by atoms with Crippen LogP contribution in [0.5, 0.6) is 0 Å². The number of halogens is 2. The molecule has 5 nitrogen and oxygen atoms in total. The van der Waals surface area contributed by atoms with E-state index in [0.717, 1.165) is 4.90 Å². The van der Waals surface area contributed by atoms with Crippen LogP contribution in [0.25, 0.3) is 0 Å². The smallest absolute Gasteiger partial charge is 0.343 e. The standard InChI is InChI=1S/C11H10ClFN2O3/c12-8-5-14-3-1-7(8)9(16)15-4-2-11(13,6-15)10(17)18/h1,3,5H,2,4,6H2,(H,17,18). The summed E-state index contributed by atoms with van der Waals surface area (Å²) in [5.41, 5.74) is -2.17. The van der Waals surface area contributed by atoms with Gasteiger partial charge in [-0.05, 0) is 6.07 Å². The van der Waals surface area contributed by atoms with E-state index < -0.39 is 24.1 Å². The lowest BCUT2D eigenvalue weighted by Crippen LogP contribution is -2.39. The molecule has 1 amide bonds. The van der Waals surface area contributed by atoms with Gasteiger partial charge >= 0.3 is 5.97 Å². The van der Waals surface area contributed by atoms with Crippen molar-refractivity contribution in [3.8, 4) is 0 Å². The highest BCUT2D eigenvalue weighted by molar-refractivity contribution is 6.33. The molecular formula is C11H10ClFN2O3. The number of carbonyl (C=O) groups excluding carboxylic acids is 1. The van der Waals surface area contributed by atoms with Crippen molar-refractivity contribution in [3.05, 3.63) is 29.0 Å². The second kappa shape index (κ2) is 4.53. The van der Waals surface area contributed by atoms with Gasteiger partial charge in [-0.2, -0.15) is 0 Å². The lowest BCUT2D eigenvalue weighted by atomic mass is 10.1. The van der Waals surface area contributed by atoms with Crippen LogP contribution >= 0.6 is 11.6 Å². The summed E-state index contributed by atoms with van der Waals surface area (Å²) in [6.07, 6.45) is 2.50. The Kier molecular flexibility index (Phi) is 3.21. The third-order valence-corrected chi connectivity index (χ3v) is 3.19. The largest absolute Gasteiger partial charge is 0.479 e. The maximum atomic E-state index is 13.8. The number of rotatable bonds is 2. The highest BCUT2D eigenvalue weighted by atomic mass is 35.5. The van der Waals surface area contributed by atoms with Gasteiger partial charge in [-0.3, -0.25) is 9.78 Å². The minimum Gasteiger partial charge on any atom is -0.479 e. The fourth-order valence-electron chi connectivity index (χ4n) is 1.84. The Labute approximate surface area is 107 Å². The zero-order chi connectivity index (χ0) is 13.3. The molecule has 0 spiro atoms. The van der Waals surface area contributed by atoms with Crippen LogP contribution in [-0.4, -0.2) is 45.6 Å². The molecule has 0 radical (unpaired) electrons. The lowest BCUT2D eigenvalue weighted by molar-refractivity contribution is -0.149. The number of hydrogen-bond acceptors (Lipinski definition) is 3. The molecule has 1 N–H and O–H groups in total. The van der Waals surface area contributed by atoms with Crippen LogP contribution in [-0.2, 0) is 4.79 Å². The zero-order valence-corrected chi connectivity index (χ0v) is 10.0. The van der Waals surface area contributed by atoms with E-state index in [0.29, 0.717) is 0 Å². The van der Waals surface area contributed by atoms with Gasteiger partial charge in [-0.1, -0.05) is 11.6 Å². The van der Waals surface area contributed by atoms with E-state index in [2.05, 4.69) is 4.98 Å². The van der Waals surface area contributed by atoms with Gasteiger partial charge in [0.1, 0.15) is 0 Å². The number of carboxylic acids is 1. The Hall–Kier alpha value is -1.69. The van der Waals surface area contributed by atoms with E-state index in [1.807, 2.05) is 0 Å². The van der Waals surface area contributed by atoms with Gasteiger partial charge in [0, 0.05) is 25.4 Å². The topological polar surface area (TPSA) is 70.5 Å². The molecule has 0 aromatic carbocycles. The first-order valence-electron chi connectivity index (χ1n) is 5.25. The first kappa shape index (κ1) is 12.8. The van der Waals surface area contributed by atoms with Gasteiger partial charge in [-0.25, -0.2) is 9.18 Å². The minimum absolute atomic E-state index is 0.0558. The number of carbonyl (C=O) groups is 2. The van der Waals surface area contributed by atoms with Crippen molar-refractivity contribution in [1.82, 2.24) is 9.88 Å². The highest BCUT2D eigenvalue weighted by Crippen LogP contribution is 2.28. The fourth-order valence-corrected chi connectivity index (χ4v) is 2.04. The summed E-state index contributed by atoms with van der Waals surface area (Å²) in [5, 5.41) is 8.91. The van der Waals surface area contributed by atoms with Gasteiger partial charge in [0.25, 0.3) is 5.91 Å². The number of likely N-dealkylation sites (tertiary alicyclic amines) is 1. The van der Waals surface area contributed by atoms with Crippen LogP contribution in [0.1, 0.15) is 16.8 Å². The van der Waals surface area contributed by atoms with Crippen molar-refractivity contribution in [3.63, 3.8) is 0 Å². The number of carboxylic acid groups (broad SMARTS) is 1. The summed E-state index contributed by atoms with van der Waals surface area (Å²) in [7, 11) is 0. The molecular weight excluding hydrogens is 263 g/mol. The molecule has 1 atom stereocenters. The predicted molar refractivity (Wildman–Crippen MR) is 61.2 cm³/mol. The van der Waals surface area contributed by atoms with Gasteiger partial charge in [0.2, 0.25) is 5.67 Å². The second-order valence-electron chi connectivity index (χ2n) is 4.10. The van der Waals surface area contributed by atoms with Gasteiger partial charge in [0.05, 0.1) is 17.1 Å². The molecule has 1 unspecified atom stereocenters. The van der Waals surface area contributed by atoms with Gasteiger partial charge < -0.3 is 10.0 Å². The van der Waals surface area contributed by atoms with Gasteiger partial charge in [-0.15, -0.1) is 0 Å². The molecule has 0 saturated carbocycles. The molecule has 2 heterocycles. The molecule has 0 bridgehead atoms. The lowest BCUT2D eigenvalue weighted by Gasteiger charge is -2.18. The number of aliphatic carboxylic acids is 1. The molecule has 1 fully saturated rings. The van der Waals surface area contributed by atoms with Crippen molar-refractivity contribution in [2.75, 3.05) is 13.1 Å². The highest BCUT2D eigenvalue weighted by Gasteiger charge is 2.47. The van der Waals surface area contributed by atoms with E-state index >= 15 is 0 Å². The molecule has 1 aromatic heterocycles. The molecule has 0 aliphatic carbocycles. The maximum Gasteiger partial charge on any atom is 0.343 e. The number of nitrogens with zero attached hydrogens (tertiary/aromatic N) is 2. The Morgan fingerprint density at radius 1 is 1.56 bits per heavy atom. The Bertz CT molecular complexity index is 511. The Morgan fingerprint density at radius 2 is 2.28 bits per heavy atom. The number of pyridine rings is 1. The average molecular weight is 273 g/mol. The van der Waals surface area contributed by atoms with E-state index in [-0.39, 0.29) is 23.6 Å². The summed E-state index contributed by atoms with van der Waals surface area (Å²) < 4.78 is 13.8. The van der Waals surface area contributed by atoms with Crippen molar-refractivity contribution < 1.29 is 19.1 Å². The number of alkyl halides is 1. The van der Waals surface area contributed by atoms with Crippen molar-refractivity contribution in [2.45, 2.75) is 12.1 Å². The summed E-state index contributed by atoms with van der Waals surface area (Å²) in [6.45, 7) is -0.403. The summed E-state index contributed by atoms with van der Waals surface area (Å²) >= 11 is 5.81. The van der Waals surface area contributed by atoms with E-state index in [1.54, 1.807) is 0 Å². The fraction of sp³-hybridized carbons (Fsp3) is 0.364. The van der Waals surface area contributed by atoms with E-state index in [1.165, 1.54) is 18.5 Å². The number of amides is 1. The molecule has 2 rings (SSSR count). The number of hydrogen-bond donors (Lipinski definition) is 1. The molecule has 96 valence electrons. The molecule has 1 saturated heterocycles. The van der Waals surface area contributed by atoms with Gasteiger partial charge in [0.15, 0.2) is 0 Å². The second-order valence-corrected chi connectivity index (χ2v) is 4.51. The third-order valence-electron chi connectivity index (χ3n) is 2.89. The molecule has 1 aliphatic heterocycles. The predicted octanol–water partition coefficient (Wildman–Crippen LogP) is 1.37. The SMILES string of the molecule is O=C(c1ccncc1Cl)N1CCC(F)(C(=O)O)C1. The average Bonchev–Trinajstić information content (AvgIpc) is 2.73. The van der Waals surface area contributed by atoms with Crippen LogP contribution in [0.2, 0.25) is 5.02 Å². The van der Waals surface area contributed by atoms with Crippen LogP contribution in [0.3, 0.4) is 0 Å². The summed E-state index contributed by atoms with van der Waals surface area (Å²) in [5.74, 6) is -2.03. The van der Waals surface area contributed by atoms with E-state index in [4.69, 9.17) is 16.7 Å². The first-order chi connectivity index (χ1) is 8.44. The Balaban J connectivity index is 2.18. The maximum absolute atomic E-state index is 13.8.